The molecular weight excluding hydrogens is 236 g/mol. The summed E-state index contributed by atoms with van der Waals surface area (Å²) in [7, 11) is 0. The van der Waals surface area contributed by atoms with Crippen molar-refractivity contribution in [2.45, 2.75) is 6.42 Å². The maximum absolute atomic E-state index is 11.7. The fourth-order valence-electron chi connectivity index (χ4n) is 2.58. The molecule has 2 aromatic rings. The molecule has 1 heterocycles. The van der Waals surface area contributed by atoms with Gasteiger partial charge in [-0.3, -0.25) is 4.79 Å². The molecule has 3 heteroatoms. The Morgan fingerprint density at radius 1 is 1.11 bits per heavy atom. The van der Waals surface area contributed by atoms with Gasteiger partial charge in [0.05, 0.1) is 6.54 Å². The molecule has 1 aliphatic heterocycles. The Labute approximate surface area is 112 Å². The summed E-state index contributed by atoms with van der Waals surface area (Å²) in [5, 5.41) is 0. The molecule has 96 valence electrons. The summed E-state index contributed by atoms with van der Waals surface area (Å²) in [6.07, 6.45) is 0.905. The first-order chi connectivity index (χ1) is 9.29. The van der Waals surface area contributed by atoms with Crippen LogP contribution >= 0.6 is 0 Å². The molecule has 0 bridgehead atoms. The Morgan fingerprint density at radius 2 is 1.89 bits per heavy atom. The zero-order chi connectivity index (χ0) is 13.2. The highest BCUT2D eigenvalue weighted by molar-refractivity contribution is 5.97. The van der Waals surface area contributed by atoms with E-state index in [9.17, 15) is 4.79 Å². The van der Waals surface area contributed by atoms with E-state index in [2.05, 4.69) is 24.3 Å². The summed E-state index contributed by atoms with van der Waals surface area (Å²) in [5.41, 5.74) is 10.1. The van der Waals surface area contributed by atoms with Crippen LogP contribution in [0.25, 0.3) is 11.1 Å². The van der Waals surface area contributed by atoms with Gasteiger partial charge in [0.2, 0.25) is 5.91 Å². The molecule has 0 aliphatic carbocycles. The minimum absolute atomic E-state index is 0.00814. The molecule has 0 spiro atoms. The van der Waals surface area contributed by atoms with Crippen LogP contribution in [-0.2, 0) is 11.2 Å². The molecular formula is C16H16N2O. The third-order valence-electron chi connectivity index (χ3n) is 3.56. The molecule has 0 unspecified atom stereocenters. The average molecular weight is 252 g/mol. The topological polar surface area (TPSA) is 46.3 Å². The molecule has 2 aromatic carbocycles. The lowest BCUT2D eigenvalue weighted by molar-refractivity contribution is -0.117. The van der Waals surface area contributed by atoms with E-state index in [1.54, 1.807) is 4.90 Å². The number of fused-ring (bicyclic) bond motifs is 1. The third-order valence-corrected chi connectivity index (χ3v) is 3.56. The van der Waals surface area contributed by atoms with Crippen LogP contribution in [0.5, 0.6) is 0 Å². The molecule has 0 saturated carbocycles. The van der Waals surface area contributed by atoms with Crippen molar-refractivity contribution < 1.29 is 4.79 Å². The minimum atomic E-state index is -0.00814. The summed E-state index contributed by atoms with van der Waals surface area (Å²) in [4.78, 5) is 13.5. The number of hydrogen-bond acceptors (Lipinski definition) is 2. The smallest absolute Gasteiger partial charge is 0.240 e. The van der Waals surface area contributed by atoms with Gasteiger partial charge in [-0.25, -0.2) is 0 Å². The Morgan fingerprint density at radius 3 is 2.63 bits per heavy atom. The van der Waals surface area contributed by atoms with E-state index in [1.165, 1.54) is 16.7 Å². The molecule has 3 nitrogen and oxygen atoms in total. The van der Waals surface area contributed by atoms with Crippen LogP contribution in [0.4, 0.5) is 5.69 Å². The maximum atomic E-state index is 11.7. The molecule has 0 saturated heterocycles. The number of nitrogens with two attached hydrogens (primary N) is 1. The SMILES string of the molecule is NCC(=O)N1CCc2cc(-c3ccccc3)ccc21. The number of carbonyl (C=O) groups excluding carboxylic acids is 1. The van der Waals surface area contributed by atoms with Gasteiger partial charge in [0.1, 0.15) is 0 Å². The zero-order valence-electron chi connectivity index (χ0n) is 10.7. The Balaban J connectivity index is 1.97. The highest BCUT2D eigenvalue weighted by Crippen LogP contribution is 2.32. The van der Waals surface area contributed by atoms with Crippen molar-refractivity contribution in [1.82, 2.24) is 0 Å². The average Bonchev–Trinajstić information content (AvgIpc) is 2.90. The van der Waals surface area contributed by atoms with Crippen LogP contribution in [0.2, 0.25) is 0 Å². The second-order valence-corrected chi connectivity index (χ2v) is 4.71. The van der Waals surface area contributed by atoms with Crippen molar-refractivity contribution in [3.8, 4) is 11.1 Å². The molecule has 0 fully saturated rings. The van der Waals surface area contributed by atoms with Gasteiger partial charge < -0.3 is 10.6 Å². The molecule has 1 amide bonds. The predicted octanol–water partition coefficient (Wildman–Crippen LogP) is 2.20. The van der Waals surface area contributed by atoms with Crippen LogP contribution in [-0.4, -0.2) is 19.0 Å². The predicted molar refractivity (Wildman–Crippen MR) is 77.0 cm³/mol. The van der Waals surface area contributed by atoms with Crippen LogP contribution in [0.15, 0.2) is 48.5 Å². The zero-order valence-corrected chi connectivity index (χ0v) is 10.7. The van der Waals surface area contributed by atoms with E-state index in [-0.39, 0.29) is 12.5 Å². The lowest BCUT2D eigenvalue weighted by Crippen LogP contribution is -2.34. The van der Waals surface area contributed by atoms with Crippen LogP contribution in [0.3, 0.4) is 0 Å². The number of anilines is 1. The van der Waals surface area contributed by atoms with Gasteiger partial charge >= 0.3 is 0 Å². The second-order valence-electron chi connectivity index (χ2n) is 4.71. The molecule has 2 N–H and O–H groups in total. The molecule has 19 heavy (non-hydrogen) atoms. The van der Waals surface area contributed by atoms with Crippen LogP contribution in [0.1, 0.15) is 5.56 Å². The number of hydrogen-bond donors (Lipinski definition) is 1. The number of benzene rings is 2. The van der Waals surface area contributed by atoms with E-state index in [1.807, 2.05) is 24.3 Å². The van der Waals surface area contributed by atoms with Crippen molar-refractivity contribution in [1.29, 1.82) is 0 Å². The van der Waals surface area contributed by atoms with E-state index in [0.29, 0.717) is 0 Å². The van der Waals surface area contributed by atoms with Gasteiger partial charge in [-0.1, -0.05) is 36.4 Å². The van der Waals surface area contributed by atoms with Crippen molar-refractivity contribution >= 4 is 11.6 Å². The lowest BCUT2D eigenvalue weighted by Gasteiger charge is -2.16. The van der Waals surface area contributed by atoms with Gasteiger partial charge in [-0.05, 0) is 35.2 Å². The van der Waals surface area contributed by atoms with Gasteiger partial charge in [0, 0.05) is 12.2 Å². The monoisotopic (exact) mass is 252 g/mol. The molecule has 0 atom stereocenters. The second kappa shape index (κ2) is 4.86. The standard InChI is InChI=1S/C16H16N2O/c17-11-16(19)18-9-8-14-10-13(6-7-15(14)18)12-4-2-1-3-5-12/h1-7,10H,8-9,11,17H2. The van der Waals surface area contributed by atoms with E-state index < -0.39 is 0 Å². The molecule has 3 rings (SSSR count). The van der Waals surface area contributed by atoms with Gasteiger partial charge in [-0.15, -0.1) is 0 Å². The van der Waals surface area contributed by atoms with Crippen molar-refractivity contribution in [3.63, 3.8) is 0 Å². The maximum Gasteiger partial charge on any atom is 0.240 e. The summed E-state index contributed by atoms with van der Waals surface area (Å²) in [6, 6.07) is 16.5. The number of nitrogens with zero attached hydrogens (tertiary/aromatic N) is 1. The van der Waals surface area contributed by atoms with E-state index in [0.717, 1.165) is 18.7 Å². The van der Waals surface area contributed by atoms with Crippen LogP contribution in [0, 0.1) is 0 Å². The Kier molecular flexibility index (Phi) is 3.05. The van der Waals surface area contributed by atoms with Gasteiger partial charge in [-0.2, -0.15) is 0 Å². The minimum Gasteiger partial charge on any atom is -0.322 e. The highest BCUT2D eigenvalue weighted by atomic mass is 16.2. The molecule has 0 aromatic heterocycles. The molecule has 1 aliphatic rings. The van der Waals surface area contributed by atoms with Crippen molar-refractivity contribution in [3.05, 3.63) is 54.1 Å². The Hall–Kier alpha value is -2.13. The first-order valence-electron chi connectivity index (χ1n) is 6.48. The first kappa shape index (κ1) is 11.9. The van der Waals surface area contributed by atoms with Gasteiger partial charge in [0.25, 0.3) is 0 Å². The van der Waals surface area contributed by atoms with Gasteiger partial charge in [0.15, 0.2) is 0 Å². The lowest BCUT2D eigenvalue weighted by atomic mass is 10.0. The summed E-state index contributed by atoms with van der Waals surface area (Å²) < 4.78 is 0. The van der Waals surface area contributed by atoms with Crippen LogP contribution < -0.4 is 10.6 Å². The fourth-order valence-corrected chi connectivity index (χ4v) is 2.58. The molecule has 0 radical (unpaired) electrons. The van der Waals surface area contributed by atoms with E-state index >= 15 is 0 Å². The summed E-state index contributed by atoms with van der Waals surface area (Å²) in [5.74, 6) is -0.00814. The summed E-state index contributed by atoms with van der Waals surface area (Å²) >= 11 is 0. The Bertz CT molecular complexity index is 607. The quantitative estimate of drug-likeness (QED) is 0.890. The van der Waals surface area contributed by atoms with Crippen molar-refractivity contribution in [2.24, 2.45) is 5.73 Å². The number of amides is 1. The number of rotatable bonds is 2. The number of carbonyl (C=O) groups is 1. The normalized spacial score (nSPS) is 13.4. The van der Waals surface area contributed by atoms with E-state index in [4.69, 9.17) is 5.73 Å². The van der Waals surface area contributed by atoms with Crippen molar-refractivity contribution in [2.75, 3.05) is 18.0 Å². The largest absolute Gasteiger partial charge is 0.322 e. The summed E-state index contributed by atoms with van der Waals surface area (Å²) in [6.45, 7) is 0.809. The highest BCUT2D eigenvalue weighted by Gasteiger charge is 2.23. The fraction of sp³-hybridized carbons (Fsp3) is 0.188. The third kappa shape index (κ3) is 2.13. The first-order valence-corrected chi connectivity index (χ1v) is 6.48.